The molecule has 0 unspecified atom stereocenters. The highest BCUT2D eigenvalue weighted by Gasteiger charge is 2.29. The highest BCUT2D eigenvalue weighted by Crippen LogP contribution is 2.51. The van der Waals surface area contributed by atoms with E-state index in [1.165, 1.54) is 116 Å². The van der Waals surface area contributed by atoms with Crippen molar-refractivity contribution in [2.24, 2.45) is 0 Å². The molecule has 1 aromatic heterocycles. The maximum atomic E-state index is 5.12. The quantitative estimate of drug-likeness (QED) is 0.160. The molecule has 4 heteroatoms. The minimum atomic E-state index is 0.930. The summed E-state index contributed by atoms with van der Waals surface area (Å²) >= 11 is 1.81. The first kappa shape index (κ1) is 40.5. The van der Waals surface area contributed by atoms with Crippen molar-refractivity contribution in [3.8, 4) is 11.1 Å². The third-order valence-corrected chi connectivity index (χ3v) is 16.6. The fourth-order valence-electron chi connectivity index (χ4n) is 12.1. The number of para-hydroxylation sites is 4. The predicted octanol–water partition coefficient (Wildman–Crippen LogP) is 17.7. The van der Waals surface area contributed by atoms with Gasteiger partial charge >= 0.3 is 0 Å². The molecule has 3 nitrogen and oxygen atoms in total. The zero-order chi connectivity index (χ0) is 45.4. The normalized spacial score (nSPS) is 16.3. The minimum absolute atomic E-state index is 0.930. The van der Waals surface area contributed by atoms with E-state index in [4.69, 9.17) is 4.98 Å². The largest absolute Gasteiger partial charge is 0.310 e. The van der Waals surface area contributed by atoms with Crippen LogP contribution >= 0.6 is 11.3 Å². The van der Waals surface area contributed by atoms with Crippen molar-refractivity contribution in [3.63, 3.8) is 0 Å². The van der Waals surface area contributed by atoms with Crippen LogP contribution in [0.2, 0.25) is 0 Å². The van der Waals surface area contributed by atoms with Crippen molar-refractivity contribution < 1.29 is 0 Å². The van der Waals surface area contributed by atoms with E-state index >= 15 is 0 Å². The molecule has 2 aliphatic heterocycles. The lowest BCUT2D eigenvalue weighted by atomic mass is 9.82. The Hall–Kier alpha value is -7.53. The summed E-state index contributed by atoms with van der Waals surface area (Å²) in [5.41, 5.74) is 23.8. The van der Waals surface area contributed by atoms with Gasteiger partial charge in [-0.3, -0.25) is 0 Å². The van der Waals surface area contributed by atoms with Gasteiger partial charge in [0.15, 0.2) is 0 Å². The van der Waals surface area contributed by atoms with E-state index in [2.05, 4.69) is 198 Å². The highest BCUT2D eigenvalue weighted by molar-refractivity contribution is 7.19. The fourth-order valence-corrected chi connectivity index (χ4v) is 13.2. The maximum Gasteiger partial charge on any atom is 0.120 e. The number of allylic oxidation sites excluding steroid dienone is 8. The molecule has 14 rings (SSSR count). The summed E-state index contributed by atoms with van der Waals surface area (Å²) in [5.74, 6) is 0. The summed E-state index contributed by atoms with van der Waals surface area (Å²) in [6.07, 6.45) is 24.6. The number of rotatable bonds is 5. The second-order valence-electron chi connectivity index (χ2n) is 19.4. The molecular formula is C65H51N3S. The molecule has 0 spiro atoms. The molecule has 0 radical (unpaired) electrons. The molecular weight excluding hydrogens is 855 g/mol. The van der Waals surface area contributed by atoms with Crippen molar-refractivity contribution in [1.82, 2.24) is 4.98 Å². The molecule has 0 fully saturated rings. The zero-order valence-electron chi connectivity index (χ0n) is 38.7. The monoisotopic (exact) mass is 905 g/mol. The molecule has 3 heterocycles. The average molecular weight is 906 g/mol. The molecule has 5 aliphatic rings. The summed E-state index contributed by atoms with van der Waals surface area (Å²) < 4.78 is 1.24. The van der Waals surface area contributed by atoms with E-state index in [-0.39, 0.29) is 0 Å². The number of hydrogen-bond acceptors (Lipinski definition) is 4. The summed E-state index contributed by atoms with van der Waals surface area (Å²) in [4.78, 5) is 10.2. The minimum Gasteiger partial charge on any atom is -0.310 e. The Balaban J connectivity index is 1.06. The van der Waals surface area contributed by atoms with Gasteiger partial charge in [-0.1, -0.05) is 127 Å². The number of nitrogens with zero attached hydrogens (tertiary/aromatic N) is 3. The van der Waals surface area contributed by atoms with E-state index in [0.717, 1.165) is 74.7 Å². The highest BCUT2D eigenvalue weighted by atomic mass is 32.1. The van der Waals surface area contributed by atoms with Gasteiger partial charge in [-0.25, -0.2) is 4.98 Å². The van der Waals surface area contributed by atoms with Gasteiger partial charge in [-0.15, -0.1) is 11.3 Å². The third kappa shape index (κ3) is 6.87. The molecule has 0 bridgehead atoms. The van der Waals surface area contributed by atoms with E-state index < -0.39 is 0 Å². The van der Waals surface area contributed by atoms with E-state index in [1.54, 1.807) is 5.57 Å². The van der Waals surface area contributed by atoms with Crippen molar-refractivity contribution in [2.75, 3.05) is 9.80 Å². The molecule has 9 aromatic rings. The number of thiazole rings is 1. The Labute approximate surface area is 408 Å². The second-order valence-corrected chi connectivity index (χ2v) is 20.5. The average Bonchev–Trinajstić information content (AvgIpc) is 3.68. The number of aryl methyl sites for hydroxylation is 4. The Kier molecular flexibility index (Phi) is 9.76. The summed E-state index contributed by atoms with van der Waals surface area (Å²) in [5, 5.41) is 6.31. The Morgan fingerprint density at radius 1 is 0.435 bits per heavy atom. The number of fused-ring (bicyclic) bond motifs is 7. The lowest BCUT2D eigenvalue weighted by molar-refractivity contribution is 0.833. The maximum absolute atomic E-state index is 5.12. The molecule has 69 heavy (non-hydrogen) atoms. The van der Waals surface area contributed by atoms with Crippen LogP contribution in [0.3, 0.4) is 0 Å². The van der Waals surface area contributed by atoms with Crippen LogP contribution in [0, 0.1) is 0 Å². The first-order valence-electron chi connectivity index (χ1n) is 25.0. The van der Waals surface area contributed by atoms with Gasteiger partial charge in [-0.05, 0) is 208 Å². The lowest BCUT2D eigenvalue weighted by Crippen LogP contribution is -2.18. The van der Waals surface area contributed by atoms with Crippen molar-refractivity contribution in [3.05, 3.63) is 232 Å². The number of hydrogen-bond donors (Lipinski definition) is 0. The van der Waals surface area contributed by atoms with Crippen LogP contribution < -0.4 is 9.80 Å². The smallest absolute Gasteiger partial charge is 0.120 e. The second kappa shape index (κ2) is 16.6. The first-order chi connectivity index (χ1) is 34.2. The van der Waals surface area contributed by atoms with E-state index in [0.29, 0.717) is 0 Å². The van der Waals surface area contributed by atoms with Crippen LogP contribution in [0.4, 0.5) is 28.4 Å². The molecule has 332 valence electrons. The lowest BCUT2D eigenvalue weighted by Gasteiger charge is -2.31. The zero-order valence-corrected chi connectivity index (χ0v) is 39.5. The Bertz CT molecular complexity index is 3680. The molecule has 0 amide bonds. The van der Waals surface area contributed by atoms with Crippen LogP contribution in [-0.2, 0) is 25.7 Å². The molecule has 8 aromatic carbocycles. The van der Waals surface area contributed by atoms with E-state index in [1.807, 2.05) is 11.3 Å². The first-order valence-corrected chi connectivity index (χ1v) is 25.8. The van der Waals surface area contributed by atoms with Crippen molar-refractivity contribution in [2.45, 2.75) is 64.2 Å². The predicted molar refractivity (Wildman–Crippen MR) is 293 cm³/mol. The Morgan fingerprint density at radius 2 is 1.04 bits per heavy atom. The third-order valence-electron chi connectivity index (χ3n) is 15.5. The van der Waals surface area contributed by atoms with Crippen LogP contribution in [0.5, 0.6) is 0 Å². The number of benzene rings is 8. The van der Waals surface area contributed by atoms with E-state index in [9.17, 15) is 0 Å². The number of anilines is 5. The molecule has 3 aliphatic carbocycles. The summed E-state index contributed by atoms with van der Waals surface area (Å²) in [6, 6.07) is 57.8. The SMILES string of the molecule is C1=CC2=C(CC1)CCc1ccccc1N2c1ccc2c(-c3ccc4c(c3)CCC=C4)c3cc(N4c5ccccc5CCc5ccccc54)ccc3c(C3=CC=C(c4nc5ccccc5s4)CC3)c2c1. The number of aromatic nitrogens is 1. The molecule has 0 atom stereocenters. The van der Waals surface area contributed by atoms with Crippen LogP contribution in [0.15, 0.2) is 193 Å². The topological polar surface area (TPSA) is 19.4 Å². The molecule has 0 saturated carbocycles. The molecule has 0 saturated heterocycles. The van der Waals surface area contributed by atoms with Gasteiger partial charge in [0, 0.05) is 34.1 Å². The van der Waals surface area contributed by atoms with Crippen molar-refractivity contribution in [1.29, 1.82) is 0 Å². The molecule has 0 N–H and O–H groups in total. The summed E-state index contributed by atoms with van der Waals surface area (Å²) in [7, 11) is 0. The van der Waals surface area contributed by atoms with Gasteiger partial charge in [0.05, 0.1) is 10.2 Å². The summed E-state index contributed by atoms with van der Waals surface area (Å²) in [6.45, 7) is 0. The van der Waals surface area contributed by atoms with Gasteiger partial charge in [0.25, 0.3) is 0 Å². The van der Waals surface area contributed by atoms with Gasteiger partial charge in [0.1, 0.15) is 5.01 Å². The van der Waals surface area contributed by atoms with Crippen LogP contribution in [0.25, 0.3) is 60.1 Å². The van der Waals surface area contributed by atoms with Crippen LogP contribution in [-0.4, -0.2) is 4.98 Å². The van der Waals surface area contributed by atoms with Gasteiger partial charge in [0.2, 0.25) is 0 Å². The fraction of sp³-hybridized carbons (Fsp3) is 0.154. The van der Waals surface area contributed by atoms with Crippen molar-refractivity contribution >= 4 is 88.8 Å². The van der Waals surface area contributed by atoms with Crippen LogP contribution in [0.1, 0.15) is 76.9 Å². The van der Waals surface area contributed by atoms with Gasteiger partial charge in [-0.2, -0.15) is 0 Å². The van der Waals surface area contributed by atoms with Gasteiger partial charge < -0.3 is 9.80 Å². The standard InChI is InChI=1S/C65H51N3S/c1-2-18-49-39-50(34-25-42(49)13-1)64-54-38-36-51(67-58-20-8-3-14-43(58)26-27-44-15-4-9-21-59(44)67)40-55(54)63(47-30-32-48(33-31-47)65-66-57-19-7-12-24-62(57)69-65)53-37-35-52(41-56(53)64)68-60-22-10-5-16-45(60)28-29-46-17-6-11-23-61(46)68/h1,3,5-14,16-17,19-25,30,32,34-41H,2,4,15,18,26-29,31,33H2. The Morgan fingerprint density at radius 3 is 1.78 bits per heavy atom.